The van der Waals surface area contributed by atoms with Crippen molar-refractivity contribution in [2.45, 2.75) is 18.6 Å². The number of carbonyl (C=O) groups excluding carboxylic acids is 1. The predicted molar refractivity (Wildman–Crippen MR) is 78.2 cm³/mol. The molecule has 1 amide bonds. The molecular weight excluding hydrogens is 282 g/mol. The van der Waals surface area contributed by atoms with Crippen LogP contribution in [0.2, 0.25) is 0 Å². The summed E-state index contributed by atoms with van der Waals surface area (Å²) in [5, 5.41) is 0.841. The maximum atomic E-state index is 11.8. The van der Waals surface area contributed by atoms with Crippen molar-refractivity contribution in [2.24, 2.45) is 5.73 Å². The van der Waals surface area contributed by atoms with Crippen LogP contribution < -0.4 is 5.73 Å². The molecule has 0 saturated carbocycles. The van der Waals surface area contributed by atoms with Crippen LogP contribution in [0, 0.1) is 0 Å². The summed E-state index contributed by atoms with van der Waals surface area (Å²) in [5.74, 6) is -0.467. The fourth-order valence-electron chi connectivity index (χ4n) is 1.75. The van der Waals surface area contributed by atoms with Crippen LogP contribution in [0.1, 0.15) is 29.1 Å². The van der Waals surface area contributed by atoms with Crippen molar-refractivity contribution < 1.29 is 13.2 Å². The minimum absolute atomic E-state index is 0.467. The van der Waals surface area contributed by atoms with Crippen molar-refractivity contribution in [1.82, 2.24) is 0 Å². The number of fused-ring (bicyclic) bond motifs is 1. The second-order valence-corrected chi connectivity index (χ2v) is 8.66. The number of benzene rings is 1. The van der Waals surface area contributed by atoms with E-state index in [9.17, 15) is 13.2 Å². The van der Waals surface area contributed by atoms with E-state index in [-0.39, 0.29) is 0 Å². The van der Waals surface area contributed by atoms with Crippen LogP contribution in [0.5, 0.6) is 0 Å². The molecule has 1 aromatic heterocycles. The summed E-state index contributed by atoms with van der Waals surface area (Å²) in [6.07, 6.45) is 1.22. The molecule has 0 atom stereocenters. The first-order valence-corrected chi connectivity index (χ1v) is 8.37. The fourth-order valence-corrected chi connectivity index (χ4v) is 3.20. The quantitative estimate of drug-likeness (QED) is 0.944. The van der Waals surface area contributed by atoms with Gasteiger partial charge in [0.05, 0.1) is 9.62 Å². The highest BCUT2D eigenvalue weighted by Crippen LogP contribution is 2.33. The van der Waals surface area contributed by atoms with Crippen molar-refractivity contribution >= 4 is 37.2 Å². The van der Waals surface area contributed by atoms with Gasteiger partial charge in [-0.1, -0.05) is 6.07 Å². The second kappa shape index (κ2) is 4.31. The standard InChI is InChI=1S/C13H15NO3S2/c1-13(2,19(3,16)17)9-4-5-10-8(6-9)7-11(18-10)12(14)15/h4-7H,1-3H3,(H2,14,15). The van der Waals surface area contributed by atoms with Gasteiger partial charge in [-0.05, 0) is 43.0 Å². The average molecular weight is 297 g/mol. The number of thiophene rings is 1. The van der Waals surface area contributed by atoms with E-state index >= 15 is 0 Å². The molecule has 0 aliphatic heterocycles. The highest BCUT2D eigenvalue weighted by molar-refractivity contribution is 7.91. The van der Waals surface area contributed by atoms with Gasteiger partial charge in [0.15, 0.2) is 9.84 Å². The molecule has 0 aliphatic rings. The molecule has 2 N–H and O–H groups in total. The lowest BCUT2D eigenvalue weighted by Gasteiger charge is -2.23. The number of rotatable bonds is 3. The Bertz CT molecular complexity index is 757. The smallest absolute Gasteiger partial charge is 0.258 e. The first kappa shape index (κ1) is 14.0. The number of hydrogen-bond acceptors (Lipinski definition) is 4. The maximum absolute atomic E-state index is 11.8. The van der Waals surface area contributed by atoms with Crippen LogP contribution in [0.15, 0.2) is 24.3 Å². The topological polar surface area (TPSA) is 77.2 Å². The third kappa shape index (κ3) is 2.37. The molecule has 6 heteroatoms. The number of amides is 1. The van der Waals surface area contributed by atoms with E-state index in [1.807, 2.05) is 6.07 Å². The molecule has 0 unspecified atom stereocenters. The van der Waals surface area contributed by atoms with E-state index in [0.717, 1.165) is 10.1 Å². The SMILES string of the molecule is CC(C)(c1ccc2sc(C(N)=O)cc2c1)S(C)(=O)=O. The summed E-state index contributed by atoms with van der Waals surface area (Å²) >= 11 is 1.31. The highest BCUT2D eigenvalue weighted by Gasteiger charge is 2.32. The summed E-state index contributed by atoms with van der Waals surface area (Å²) in [4.78, 5) is 11.6. The monoisotopic (exact) mass is 297 g/mol. The van der Waals surface area contributed by atoms with E-state index in [2.05, 4.69) is 0 Å². The van der Waals surface area contributed by atoms with E-state index in [0.29, 0.717) is 10.4 Å². The van der Waals surface area contributed by atoms with Gasteiger partial charge in [0.25, 0.3) is 5.91 Å². The first-order chi connectivity index (χ1) is 8.63. The Kier molecular flexibility index (Phi) is 3.18. The number of nitrogens with two attached hydrogens (primary N) is 1. The Labute approximate surface area is 116 Å². The summed E-state index contributed by atoms with van der Waals surface area (Å²) < 4.78 is 23.6. The van der Waals surface area contributed by atoms with E-state index in [1.165, 1.54) is 17.6 Å². The van der Waals surface area contributed by atoms with Crippen LogP contribution in [-0.2, 0) is 14.6 Å². The van der Waals surface area contributed by atoms with Crippen molar-refractivity contribution in [3.63, 3.8) is 0 Å². The van der Waals surface area contributed by atoms with Gasteiger partial charge in [-0.2, -0.15) is 0 Å². The molecule has 2 aromatic rings. The molecule has 102 valence electrons. The molecule has 1 heterocycles. The number of sulfone groups is 1. The Morgan fingerprint density at radius 2 is 1.89 bits per heavy atom. The van der Waals surface area contributed by atoms with E-state index < -0.39 is 20.5 Å². The molecule has 0 saturated heterocycles. The molecule has 19 heavy (non-hydrogen) atoms. The van der Waals surface area contributed by atoms with Crippen LogP contribution in [-0.4, -0.2) is 20.6 Å². The zero-order chi connectivity index (χ0) is 14.4. The minimum atomic E-state index is -3.22. The summed E-state index contributed by atoms with van der Waals surface area (Å²) in [6.45, 7) is 3.34. The van der Waals surface area contributed by atoms with E-state index in [1.54, 1.807) is 32.0 Å². The van der Waals surface area contributed by atoms with E-state index in [4.69, 9.17) is 5.73 Å². The predicted octanol–water partition coefficient (Wildman–Crippen LogP) is 2.28. The molecule has 2 rings (SSSR count). The van der Waals surface area contributed by atoms with Crippen LogP contribution >= 0.6 is 11.3 Å². The molecule has 0 fully saturated rings. The zero-order valence-corrected chi connectivity index (χ0v) is 12.6. The minimum Gasteiger partial charge on any atom is -0.365 e. The van der Waals surface area contributed by atoms with Crippen molar-refractivity contribution in [3.8, 4) is 0 Å². The van der Waals surface area contributed by atoms with Gasteiger partial charge in [0.1, 0.15) is 0 Å². The zero-order valence-electron chi connectivity index (χ0n) is 10.9. The maximum Gasteiger partial charge on any atom is 0.258 e. The number of carbonyl (C=O) groups is 1. The fraction of sp³-hybridized carbons (Fsp3) is 0.308. The van der Waals surface area contributed by atoms with Crippen LogP contribution in [0.3, 0.4) is 0 Å². The largest absolute Gasteiger partial charge is 0.365 e. The van der Waals surface area contributed by atoms with Gasteiger partial charge >= 0.3 is 0 Å². The van der Waals surface area contributed by atoms with Gasteiger partial charge < -0.3 is 5.73 Å². The van der Waals surface area contributed by atoms with Crippen LogP contribution in [0.25, 0.3) is 10.1 Å². The normalized spacial score (nSPS) is 12.8. The van der Waals surface area contributed by atoms with Crippen LogP contribution in [0.4, 0.5) is 0 Å². The Hall–Kier alpha value is -1.40. The lowest BCUT2D eigenvalue weighted by atomic mass is 10.0. The van der Waals surface area contributed by atoms with Crippen molar-refractivity contribution in [2.75, 3.05) is 6.26 Å². The average Bonchev–Trinajstić information content (AvgIpc) is 2.69. The van der Waals surface area contributed by atoms with Gasteiger partial charge in [-0.25, -0.2) is 8.42 Å². The molecular formula is C13H15NO3S2. The van der Waals surface area contributed by atoms with Gasteiger partial charge in [0.2, 0.25) is 0 Å². The molecule has 1 aromatic carbocycles. The lowest BCUT2D eigenvalue weighted by molar-refractivity contribution is 0.100. The lowest BCUT2D eigenvalue weighted by Crippen LogP contribution is -2.27. The number of hydrogen-bond donors (Lipinski definition) is 1. The summed E-state index contributed by atoms with van der Waals surface area (Å²) in [7, 11) is -3.22. The third-order valence-corrected chi connectivity index (χ3v) is 6.60. The molecule has 0 radical (unpaired) electrons. The summed E-state index contributed by atoms with van der Waals surface area (Å²) in [6, 6.07) is 7.11. The number of primary amides is 1. The molecule has 0 bridgehead atoms. The second-order valence-electron chi connectivity index (χ2n) is 5.01. The first-order valence-electron chi connectivity index (χ1n) is 5.66. The molecule has 4 nitrogen and oxygen atoms in total. The molecule has 0 spiro atoms. The van der Waals surface area contributed by atoms with Crippen molar-refractivity contribution in [1.29, 1.82) is 0 Å². The highest BCUT2D eigenvalue weighted by atomic mass is 32.2. The Morgan fingerprint density at radius 3 is 2.42 bits per heavy atom. The third-order valence-electron chi connectivity index (χ3n) is 3.38. The van der Waals surface area contributed by atoms with Gasteiger partial charge in [0, 0.05) is 11.0 Å². The summed E-state index contributed by atoms with van der Waals surface area (Å²) in [5.41, 5.74) is 5.95. The Morgan fingerprint density at radius 1 is 1.26 bits per heavy atom. The molecule has 0 aliphatic carbocycles. The van der Waals surface area contributed by atoms with Gasteiger partial charge in [-0.3, -0.25) is 4.79 Å². The van der Waals surface area contributed by atoms with Crippen molar-refractivity contribution in [3.05, 3.63) is 34.7 Å². The Balaban J connectivity index is 2.62. The van der Waals surface area contributed by atoms with Gasteiger partial charge in [-0.15, -0.1) is 11.3 Å².